The summed E-state index contributed by atoms with van der Waals surface area (Å²) in [6.07, 6.45) is 3.80. The molecule has 0 saturated heterocycles. The second-order valence-corrected chi connectivity index (χ2v) is 9.94. The summed E-state index contributed by atoms with van der Waals surface area (Å²) in [5.41, 5.74) is 7.15. The molecule has 130 valence electrons. The Hall–Kier alpha value is -1.63. The third kappa shape index (κ3) is 3.88. The zero-order valence-corrected chi connectivity index (χ0v) is 16.9. The SMILES string of the molecule is CC(C)(C)c1cc(-c2cccnc2)cc(C(C)(C)C)c1C(C)(C)C. The van der Waals surface area contributed by atoms with E-state index in [2.05, 4.69) is 85.5 Å². The van der Waals surface area contributed by atoms with E-state index < -0.39 is 0 Å². The summed E-state index contributed by atoms with van der Waals surface area (Å²) >= 11 is 0. The summed E-state index contributed by atoms with van der Waals surface area (Å²) in [4.78, 5) is 4.32. The summed E-state index contributed by atoms with van der Waals surface area (Å²) in [6, 6.07) is 8.93. The van der Waals surface area contributed by atoms with Crippen LogP contribution in [0.5, 0.6) is 0 Å². The lowest BCUT2D eigenvalue weighted by atomic mass is 9.68. The Morgan fingerprint density at radius 2 is 1.17 bits per heavy atom. The maximum atomic E-state index is 4.32. The molecule has 1 nitrogen and oxygen atoms in total. The van der Waals surface area contributed by atoms with Crippen molar-refractivity contribution in [3.05, 3.63) is 53.3 Å². The van der Waals surface area contributed by atoms with Crippen LogP contribution in [0.15, 0.2) is 36.7 Å². The van der Waals surface area contributed by atoms with Crippen molar-refractivity contribution in [2.45, 2.75) is 78.6 Å². The molecule has 2 aromatic rings. The number of benzene rings is 1. The average molecular weight is 324 g/mol. The van der Waals surface area contributed by atoms with E-state index in [-0.39, 0.29) is 16.2 Å². The second-order valence-electron chi connectivity index (χ2n) is 9.94. The van der Waals surface area contributed by atoms with Crippen molar-refractivity contribution in [3.63, 3.8) is 0 Å². The topological polar surface area (TPSA) is 12.9 Å². The second kappa shape index (κ2) is 6.02. The normalized spacial score (nSPS) is 13.2. The van der Waals surface area contributed by atoms with Crippen LogP contribution in [0.2, 0.25) is 0 Å². The molecule has 1 heterocycles. The summed E-state index contributed by atoms with van der Waals surface area (Å²) in [5, 5.41) is 0. The molecule has 0 amide bonds. The Labute approximate surface area is 148 Å². The first-order valence-corrected chi connectivity index (χ1v) is 8.92. The zero-order chi connectivity index (χ0) is 18.3. The lowest BCUT2D eigenvalue weighted by Crippen LogP contribution is -2.28. The molecule has 0 saturated carbocycles. The highest BCUT2D eigenvalue weighted by atomic mass is 14.6. The highest BCUT2D eigenvalue weighted by Gasteiger charge is 2.32. The summed E-state index contributed by atoms with van der Waals surface area (Å²) < 4.78 is 0. The molecule has 2 rings (SSSR count). The van der Waals surface area contributed by atoms with Gasteiger partial charge in [0.25, 0.3) is 0 Å². The fourth-order valence-corrected chi connectivity index (χ4v) is 3.33. The molecule has 0 aliphatic rings. The predicted octanol–water partition coefficient (Wildman–Crippen LogP) is 6.64. The lowest BCUT2D eigenvalue weighted by Gasteiger charge is -2.37. The number of nitrogens with zero attached hydrogens (tertiary/aromatic N) is 1. The van der Waals surface area contributed by atoms with Crippen LogP contribution in [0.3, 0.4) is 0 Å². The first kappa shape index (κ1) is 18.7. The highest BCUT2D eigenvalue weighted by Crippen LogP contribution is 2.43. The quantitative estimate of drug-likeness (QED) is 0.573. The van der Waals surface area contributed by atoms with Crippen LogP contribution in [-0.2, 0) is 16.2 Å². The average Bonchev–Trinajstić information content (AvgIpc) is 2.44. The van der Waals surface area contributed by atoms with Gasteiger partial charge in [-0.15, -0.1) is 0 Å². The van der Waals surface area contributed by atoms with Gasteiger partial charge in [-0.3, -0.25) is 4.98 Å². The van der Waals surface area contributed by atoms with Gasteiger partial charge in [-0.25, -0.2) is 0 Å². The van der Waals surface area contributed by atoms with Crippen molar-refractivity contribution in [2.24, 2.45) is 0 Å². The van der Waals surface area contributed by atoms with Gasteiger partial charge in [-0.05, 0) is 44.6 Å². The van der Waals surface area contributed by atoms with Gasteiger partial charge in [0.05, 0.1) is 0 Å². The van der Waals surface area contributed by atoms with Crippen LogP contribution < -0.4 is 0 Å². The van der Waals surface area contributed by atoms with Crippen molar-refractivity contribution in [1.82, 2.24) is 4.98 Å². The molecule has 0 radical (unpaired) electrons. The minimum absolute atomic E-state index is 0.0980. The molecule has 1 aromatic carbocycles. The van der Waals surface area contributed by atoms with Gasteiger partial charge >= 0.3 is 0 Å². The van der Waals surface area contributed by atoms with Crippen LogP contribution in [0, 0.1) is 0 Å². The molecular formula is C23H33N. The van der Waals surface area contributed by atoms with Crippen molar-refractivity contribution in [3.8, 4) is 11.1 Å². The molecule has 0 bridgehead atoms. The maximum absolute atomic E-state index is 4.32. The summed E-state index contributed by atoms with van der Waals surface area (Å²) in [5.74, 6) is 0. The van der Waals surface area contributed by atoms with Crippen LogP contribution >= 0.6 is 0 Å². The number of pyridine rings is 1. The van der Waals surface area contributed by atoms with E-state index in [1.54, 1.807) is 0 Å². The molecule has 0 aliphatic heterocycles. The Kier molecular flexibility index (Phi) is 4.69. The van der Waals surface area contributed by atoms with E-state index in [0.29, 0.717) is 0 Å². The first-order chi connectivity index (χ1) is 10.8. The van der Waals surface area contributed by atoms with Gasteiger partial charge in [0, 0.05) is 18.0 Å². The van der Waals surface area contributed by atoms with E-state index in [4.69, 9.17) is 0 Å². The zero-order valence-electron chi connectivity index (χ0n) is 16.9. The molecule has 24 heavy (non-hydrogen) atoms. The molecule has 0 aliphatic carbocycles. The Bertz CT molecular complexity index is 669. The van der Waals surface area contributed by atoms with Crippen molar-refractivity contribution in [1.29, 1.82) is 0 Å². The molecule has 0 unspecified atom stereocenters. The van der Waals surface area contributed by atoms with Gasteiger partial charge in [-0.1, -0.05) is 80.5 Å². The first-order valence-electron chi connectivity index (χ1n) is 8.92. The van der Waals surface area contributed by atoms with Gasteiger partial charge in [-0.2, -0.15) is 0 Å². The van der Waals surface area contributed by atoms with Crippen LogP contribution in [-0.4, -0.2) is 4.98 Å². The highest BCUT2D eigenvalue weighted by molar-refractivity contribution is 5.67. The Morgan fingerprint density at radius 1 is 0.667 bits per heavy atom. The van der Waals surface area contributed by atoms with Gasteiger partial charge in [0.1, 0.15) is 0 Å². The van der Waals surface area contributed by atoms with E-state index in [1.807, 2.05) is 18.5 Å². The van der Waals surface area contributed by atoms with Gasteiger partial charge in [0.2, 0.25) is 0 Å². The molecule has 0 atom stereocenters. The van der Waals surface area contributed by atoms with Crippen molar-refractivity contribution < 1.29 is 0 Å². The standard InChI is InChI=1S/C23H33N/c1-21(2,3)18-13-17(16-11-10-12-24-15-16)14-19(22(4,5)6)20(18)23(7,8)9/h10-15H,1-9H3. The fourth-order valence-electron chi connectivity index (χ4n) is 3.33. The van der Waals surface area contributed by atoms with Gasteiger partial charge in [0.15, 0.2) is 0 Å². The summed E-state index contributed by atoms with van der Waals surface area (Å²) in [6.45, 7) is 20.9. The lowest BCUT2D eigenvalue weighted by molar-refractivity contribution is 0.498. The smallest absolute Gasteiger partial charge is 0.0346 e. The Morgan fingerprint density at radius 3 is 1.50 bits per heavy atom. The Balaban J connectivity index is 2.90. The minimum atomic E-state index is 0.0980. The van der Waals surface area contributed by atoms with Gasteiger partial charge < -0.3 is 0 Å². The van der Waals surface area contributed by atoms with Crippen molar-refractivity contribution in [2.75, 3.05) is 0 Å². The van der Waals surface area contributed by atoms with E-state index in [0.717, 1.165) is 0 Å². The molecule has 0 N–H and O–H groups in total. The molecule has 1 heteroatoms. The fraction of sp³-hybridized carbons (Fsp3) is 0.522. The molecular weight excluding hydrogens is 290 g/mol. The van der Waals surface area contributed by atoms with E-state index in [1.165, 1.54) is 27.8 Å². The number of hydrogen-bond donors (Lipinski definition) is 0. The molecule has 0 spiro atoms. The summed E-state index contributed by atoms with van der Waals surface area (Å²) in [7, 11) is 0. The van der Waals surface area contributed by atoms with Crippen molar-refractivity contribution >= 4 is 0 Å². The third-order valence-corrected chi connectivity index (χ3v) is 4.50. The monoisotopic (exact) mass is 323 g/mol. The van der Waals surface area contributed by atoms with Crippen LogP contribution in [0.25, 0.3) is 11.1 Å². The number of aromatic nitrogens is 1. The minimum Gasteiger partial charge on any atom is -0.264 e. The largest absolute Gasteiger partial charge is 0.264 e. The predicted molar refractivity (Wildman–Crippen MR) is 106 cm³/mol. The van der Waals surface area contributed by atoms with Crippen LogP contribution in [0.4, 0.5) is 0 Å². The van der Waals surface area contributed by atoms with E-state index >= 15 is 0 Å². The maximum Gasteiger partial charge on any atom is 0.0346 e. The van der Waals surface area contributed by atoms with Crippen LogP contribution in [0.1, 0.15) is 79.0 Å². The number of rotatable bonds is 1. The number of hydrogen-bond acceptors (Lipinski definition) is 1. The third-order valence-electron chi connectivity index (χ3n) is 4.50. The van der Waals surface area contributed by atoms with E-state index in [9.17, 15) is 0 Å². The molecule has 0 fully saturated rings. The molecule has 1 aromatic heterocycles.